The summed E-state index contributed by atoms with van der Waals surface area (Å²) in [7, 11) is -4.10. The third kappa shape index (κ3) is 21.6. The highest BCUT2D eigenvalue weighted by atomic mass is 32.2. The van der Waals surface area contributed by atoms with Gasteiger partial charge in [-0.15, -0.1) is 0 Å². The Morgan fingerprint density at radius 3 is 1.50 bits per heavy atom. The van der Waals surface area contributed by atoms with Crippen molar-refractivity contribution in [1.29, 1.82) is 0 Å². The fraction of sp³-hybridized carbons (Fsp3) is 0.909. The van der Waals surface area contributed by atoms with Crippen molar-refractivity contribution in [2.24, 2.45) is 5.73 Å². The van der Waals surface area contributed by atoms with Gasteiger partial charge in [-0.05, 0) is 6.42 Å². The predicted octanol–water partition coefficient (Wildman–Crippen LogP) is 4.89. The van der Waals surface area contributed by atoms with Gasteiger partial charge in [0.25, 0.3) is 0 Å². The molecule has 0 heterocycles. The van der Waals surface area contributed by atoms with Crippen LogP contribution in [0.25, 0.3) is 0 Å². The highest BCUT2D eigenvalue weighted by Crippen LogP contribution is 2.13. The molecule has 0 saturated carbocycles. The summed E-state index contributed by atoms with van der Waals surface area (Å²) in [5, 5.41) is 0. The smallest absolute Gasteiger partial charge is 0.362 e. The number of carbonyl (C=O) groups is 2. The van der Waals surface area contributed by atoms with Gasteiger partial charge in [0.15, 0.2) is 0 Å². The lowest BCUT2D eigenvalue weighted by Gasteiger charge is -2.07. The largest absolute Gasteiger partial charge is 0.370 e. The Morgan fingerprint density at radius 1 is 0.700 bits per heavy atom. The summed E-state index contributed by atoms with van der Waals surface area (Å²) >= 11 is 0. The Morgan fingerprint density at radius 2 is 1.10 bits per heavy atom. The van der Waals surface area contributed by atoms with Gasteiger partial charge in [-0.2, -0.15) is 8.42 Å². The van der Waals surface area contributed by atoms with E-state index in [2.05, 4.69) is 6.92 Å². The SMILES string of the molecule is CCCCCCCCCCCCCCCCCCOS(=O)(=O)NC(=O)CCC(N)=O. The molecule has 0 saturated heterocycles. The molecule has 0 aromatic carbocycles. The first-order valence-electron chi connectivity index (χ1n) is 11.9. The van der Waals surface area contributed by atoms with Crippen LogP contribution in [0.1, 0.15) is 122 Å². The van der Waals surface area contributed by atoms with Gasteiger partial charge in [0, 0.05) is 12.8 Å². The van der Waals surface area contributed by atoms with Gasteiger partial charge in [-0.25, -0.2) is 4.72 Å². The number of primary amides is 1. The minimum absolute atomic E-state index is 0.0525. The number of nitrogens with one attached hydrogen (secondary N) is 1. The monoisotopic (exact) mass is 448 g/mol. The van der Waals surface area contributed by atoms with Crippen molar-refractivity contribution in [3.8, 4) is 0 Å². The molecular formula is C22H44N2O5S. The van der Waals surface area contributed by atoms with Crippen LogP contribution in [-0.4, -0.2) is 26.8 Å². The summed E-state index contributed by atoms with van der Waals surface area (Å²) in [6, 6.07) is 0. The van der Waals surface area contributed by atoms with Crippen molar-refractivity contribution in [3.63, 3.8) is 0 Å². The van der Waals surface area contributed by atoms with Crippen LogP contribution in [-0.2, 0) is 24.1 Å². The van der Waals surface area contributed by atoms with Crippen LogP contribution in [0.5, 0.6) is 0 Å². The van der Waals surface area contributed by atoms with E-state index in [1.807, 2.05) is 0 Å². The second kappa shape index (κ2) is 19.8. The van der Waals surface area contributed by atoms with Crippen LogP contribution in [0, 0.1) is 0 Å². The number of hydrogen-bond donors (Lipinski definition) is 2. The molecule has 0 aliphatic carbocycles. The van der Waals surface area contributed by atoms with Crippen LogP contribution in [0.4, 0.5) is 0 Å². The zero-order valence-electron chi connectivity index (χ0n) is 19.0. The van der Waals surface area contributed by atoms with Crippen LogP contribution >= 0.6 is 0 Å². The first-order valence-corrected chi connectivity index (χ1v) is 13.3. The zero-order valence-corrected chi connectivity index (χ0v) is 19.8. The molecule has 0 aliphatic rings. The van der Waals surface area contributed by atoms with Gasteiger partial charge < -0.3 is 5.73 Å². The highest BCUT2D eigenvalue weighted by Gasteiger charge is 2.15. The first-order chi connectivity index (χ1) is 14.4. The van der Waals surface area contributed by atoms with Crippen LogP contribution in [0.3, 0.4) is 0 Å². The van der Waals surface area contributed by atoms with Gasteiger partial charge in [-0.3, -0.25) is 13.8 Å². The van der Waals surface area contributed by atoms with E-state index in [9.17, 15) is 18.0 Å². The molecule has 0 spiro atoms. The van der Waals surface area contributed by atoms with Crippen LogP contribution in [0.2, 0.25) is 0 Å². The van der Waals surface area contributed by atoms with E-state index in [0.717, 1.165) is 19.3 Å². The molecule has 8 heteroatoms. The molecule has 0 unspecified atom stereocenters. The Bertz CT molecular complexity index is 538. The third-order valence-corrected chi connectivity index (χ3v) is 6.03. The number of hydrogen-bond acceptors (Lipinski definition) is 5. The predicted molar refractivity (Wildman–Crippen MR) is 121 cm³/mol. The van der Waals surface area contributed by atoms with Crippen LogP contribution < -0.4 is 10.5 Å². The van der Waals surface area contributed by atoms with Crippen molar-refractivity contribution in [2.45, 2.75) is 122 Å². The van der Waals surface area contributed by atoms with Gasteiger partial charge in [0.2, 0.25) is 11.8 Å². The lowest BCUT2D eigenvalue weighted by molar-refractivity contribution is -0.124. The van der Waals surface area contributed by atoms with Gasteiger partial charge in [-0.1, -0.05) is 103 Å². The molecule has 0 radical (unpaired) electrons. The molecule has 3 N–H and O–H groups in total. The Labute approximate surface area is 184 Å². The molecule has 0 aromatic rings. The van der Waals surface area contributed by atoms with Gasteiger partial charge in [0.05, 0.1) is 6.61 Å². The van der Waals surface area contributed by atoms with Crippen LogP contribution in [0.15, 0.2) is 0 Å². The maximum atomic E-state index is 11.6. The number of amides is 2. The minimum atomic E-state index is -4.10. The molecular weight excluding hydrogens is 404 g/mol. The average Bonchev–Trinajstić information content (AvgIpc) is 2.68. The van der Waals surface area contributed by atoms with Crippen molar-refractivity contribution in [1.82, 2.24) is 4.72 Å². The maximum Gasteiger partial charge on any atom is 0.362 e. The Hall–Kier alpha value is -1.15. The molecule has 30 heavy (non-hydrogen) atoms. The highest BCUT2D eigenvalue weighted by molar-refractivity contribution is 7.85. The lowest BCUT2D eigenvalue weighted by atomic mass is 10.0. The van der Waals surface area contributed by atoms with E-state index >= 15 is 0 Å². The zero-order chi connectivity index (χ0) is 22.5. The molecule has 0 rings (SSSR count). The standard InChI is InChI=1S/C22H44N2O5S/c1-2-3-4-5-6-7-8-9-10-11-12-13-14-15-16-17-20-29-30(27,28)24-22(26)19-18-21(23)25/h2-20H2,1H3,(H2,23,25)(H,24,26). The van der Waals surface area contributed by atoms with Gasteiger partial charge in [0.1, 0.15) is 0 Å². The second-order valence-corrected chi connectivity index (χ2v) is 9.42. The summed E-state index contributed by atoms with van der Waals surface area (Å²) in [4.78, 5) is 21.9. The molecule has 0 fully saturated rings. The topological polar surface area (TPSA) is 116 Å². The second-order valence-electron chi connectivity index (χ2n) is 8.07. The average molecular weight is 449 g/mol. The molecule has 0 aliphatic heterocycles. The van der Waals surface area contributed by atoms with Gasteiger partial charge >= 0.3 is 10.3 Å². The third-order valence-electron chi connectivity index (χ3n) is 5.07. The lowest BCUT2D eigenvalue weighted by Crippen LogP contribution is -2.32. The fourth-order valence-corrected chi connectivity index (χ4v) is 4.05. The number of rotatable bonds is 22. The minimum Gasteiger partial charge on any atom is -0.370 e. The first kappa shape index (κ1) is 28.9. The molecule has 0 aromatic heterocycles. The van der Waals surface area contributed by atoms with E-state index in [0.29, 0.717) is 6.42 Å². The van der Waals surface area contributed by atoms with Crippen molar-refractivity contribution < 1.29 is 22.2 Å². The van der Waals surface area contributed by atoms with Crippen molar-refractivity contribution in [2.75, 3.05) is 6.61 Å². The summed E-state index contributed by atoms with van der Waals surface area (Å²) in [6.07, 6.45) is 19.5. The Kier molecular flexibility index (Phi) is 19.0. The summed E-state index contributed by atoms with van der Waals surface area (Å²) in [5.74, 6) is -1.45. The van der Waals surface area contributed by atoms with E-state index in [1.165, 1.54) is 77.0 Å². The van der Waals surface area contributed by atoms with E-state index in [1.54, 1.807) is 4.72 Å². The van der Waals surface area contributed by atoms with Crippen molar-refractivity contribution in [3.05, 3.63) is 0 Å². The number of carbonyl (C=O) groups excluding carboxylic acids is 2. The van der Waals surface area contributed by atoms with Crippen molar-refractivity contribution >= 4 is 22.1 Å². The van der Waals surface area contributed by atoms with E-state index in [4.69, 9.17) is 9.92 Å². The molecule has 7 nitrogen and oxygen atoms in total. The Balaban J connectivity index is 3.37. The quantitative estimate of drug-likeness (QED) is 0.229. The summed E-state index contributed by atoms with van der Waals surface area (Å²) in [5.41, 5.74) is 4.91. The number of unbranched alkanes of at least 4 members (excludes halogenated alkanes) is 15. The van der Waals surface area contributed by atoms with E-state index in [-0.39, 0.29) is 19.4 Å². The molecule has 178 valence electrons. The normalized spacial score (nSPS) is 11.5. The van der Waals surface area contributed by atoms with E-state index < -0.39 is 22.1 Å². The maximum absolute atomic E-state index is 11.6. The molecule has 0 bridgehead atoms. The summed E-state index contributed by atoms with van der Waals surface area (Å²) in [6.45, 7) is 2.31. The summed E-state index contributed by atoms with van der Waals surface area (Å²) < 4.78 is 29.7. The number of nitrogens with two attached hydrogens (primary N) is 1. The molecule has 2 amide bonds. The molecule has 0 atom stereocenters. The fourth-order valence-electron chi connectivity index (χ4n) is 3.28.